The average Bonchev–Trinajstić information content (AvgIpc) is 2.30. The van der Waals surface area contributed by atoms with Gasteiger partial charge in [-0.15, -0.1) is 0 Å². The Kier molecular flexibility index (Phi) is 3.84. The first kappa shape index (κ1) is 12.2. The zero-order chi connectivity index (χ0) is 12.3. The second-order valence-corrected chi connectivity index (χ2v) is 5.01. The smallest absolute Gasteiger partial charge is 0.149 e. The van der Waals surface area contributed by atoms with Gasteiger partial charge in [0.2, 0.25) is 0 Å². The van der Waals surface area contributed by atoms with Crippen LogP contribution in [0.5, 0.6) is 0 Å². The molecule has 94 valence electrons. The van der Waals surface area contributed by atoms with E-state index in [1.807, 2.05) is 19.2 Å². The zero-order valence-corrected chi connectivity index (χ0v) is 10.3. The number of nitrogens with two attached hydrogens (primary N) is 1. The van der Waals surface area contributed by atoms with Gasteiger partial charge >= 0.3 is 0 Å². The van der Waals surface area contributed by atoms with Crippen molar-refractivity contribution in [1.29, 1.82) is 0 Å². The Morgan fingerprint density at radius 3 is 2.76 bits per heavy atom. The third kappa shape index (κ3) is 3.33. The number of hydrogen-bond donors (Lipinski definition) is 3. The van der Waals surface area contributed by atoms with Crippen LogP contribution in [0.1, 0.15) is 31.2 Å². The second-order valence-electron chi connectivity index (χ2n) is 5.01. The minimum absolute atomic E-state index is 0.0891. The van der Waals surface area contributed by atoms with Crippen LogP contribution in [0.4, 0.5) is 11.5 Å². The molecule has 1 saturated carbocycles. The molecule has 1 heterocycles. The lowest BCUT2D eigenvalue weighted by molar-refractivity contribution is 0.111. The van der Waals surface area contributed by atoms with Crippen molar-refractivity contribution >= 4 is 11.5 Å². The van der Waals surface area contributed by atoms with Gasteiger partial charge in [0.1, 0.15) is 5.82 Å². The molecule has 1 aromatic rings. The lowest BCUT2D eigenvalue weighted by Gasteiger charge is -2.25. The van der Waals surface area contributed by atoms with E-state index >= 15 is 0 Å². The van der Waals surface area contributed by atoms with Crippen molar-refractivity contribution < 1.29 is 5.11 Å². The number of aromatic nitrogens is 1. The molecule has 4 nitrogen and oxygen atoms in total. The molecule has 0 aliphatic heterocycles. The molecule has 4 N–H and O–H groups in total. The maximum absolute atomic E-state index is 9.43. The molecule has 0 radical (unpaired) electrons. The fourth-order valence-electron chi connectivity index (χ4n) is 2.33. The van der Waals surface area contributed by atoms with Gasteiger partial charge in [-0.25, -0.2) is 4.98 Å². The SMILES string of the molecule is Cc1cnc(NCC2CCC(O)CC2)c(N)c1. The molecule has 4 heteroatoms. The van der Waals surface area contributed by atoms with Crippen molar-refractivity contribution in [3.8, 4) is 0 Å². The van der Waals surface area contributed by atoms with Crippen LogP contribution in [-0.4, -0.2) is 22.7 Å². The molecule has 0 unspecified atom stereocenters. The third-order valence-electron chi connectivity index (χ3n) is 3.43. The van der Waals surface area contributed by atoms with Crippen LogP contribution in [0.25, 0.3) is 0 Å². The summed E-state index contributed by atoms with van der Waals surface area (Å²) in [5, 5.41) is 12.7. The fourth-order valence-corrected chi connectivity index (χ4v) is 2.33. The van der Waals surface area contributed by atoms with E-state index < -0.39 is 0 Å². The van der Waals surface area contributed by atoms with Gasteiger partial charge in [0.25, 0.3) is 0 Å². The first-order chi connectivity index (χ1) is 8.15. The van der Waals surface area contributed by atoms with Crippen molar-refractivity contribution in [2.45, 2.75) is 38.7 Å². The lowest BCUT2D eigenvalue weighted by atomic mass is 9.87. The molecular weight excluding hydrogens is 214 g/mol. The van der Waals surface area contributed by atoms with Crippen LogP contribution >= 0.6 is 0 Å². The molecule has 17 heavy (non-hydrogen) atoms. The molecule has 0 amide bonds. The number of rotatable bonds is 3. The Hall–Kier alpha value is -1.29. The normalized spacial score (nSPS) is 24.6. The summed E-state index contributed by atoms with van der Waals surface area (Å²) in [7, 11) is 0. The highest BCUT2D eigenvalue weighted by atomic mass is 16.3. The van der Waals surface area contributed by atoms with Crippen LogP contribution in [0, 0.1) is 12.8 Å². The van der Waals surface area contributed by atoms with Crippen LogP contribution in [-0.2, 0) is 0 Å². The van der Waals surface area contributed by atoms with E-state index in [0.717, 1.165) is 43.6 Å². The summed E-state index contributed by atoms with van der Waals surface area (Å²) in [6.07, 6.45) is 5.74. The molecule has 0 spiro atoms. The van der Waals surface area contributed by atoms with E-state index in [1.54, 1.807) is 0 Å². The summed E-state index contributed by atoms with van der Waals surface area (Å²) in [6, 6.07) is 1.93. The van der Waals surface area contributed by atoms with Crippen LogP contribution in [0.3, 0.4) is 0 Å². The lowest BCUT2D eigenvalue weighted by Crippen LogP contribution is -2.24. The van der Waals surface area contributed by atoms with Gasteiger partial charge in [0, 0.05) is 12.7 Å². The highest BCUT2D eigenvalue weighted by Crippen LogP contribution is 2.25. The minimum Gasteiger partial charge on any atom is -0.396 e. The number of nitrogens with zero attached hydrogens (tertiary/aromatic N) is 1. The Morgan fingerprint density at radius 2 is 2.12 bits per heavy atom. The monoisotopic (exact) mass is 235 g/mol. The highest BCUT2D eigenvalue weighted by molar-refractivity contribution is 5.61. The van der Waals surface area contributed by atoms with Crippen LogP contribution in [0.15, 0.2) is 12.3 Å². The number of aliphatic hydroxyl groups is 1. The predicted molar refractivity (Wildman–Crippen MR) is 69.8 cm³/mol. The van der Waals surface area contributed by atoms with Gasteiger partial charge in [-0.2, -0.15) is 0 Å². The number of aliphatic hydroxyl groups excluding tert-OH is 1. The molecule has 0 atom stereocenters. The molecule has 1 fully saturated rings. The van der Waals surface area contributed by atoms with E-state index in [0.29, 0.717) is 11.6 Å². The van der Waals surface area contributed by atoms with Gasteiger partial charge in [-0.1, -0.05) is 0 Å². The first-order valence-electron chi connectivity index (χ1n) is 6.29. The van der Waals surface area contributed by atoms with E-state index in [2.05, 4.69) is 10.3 Å². The molecule has 0 bridgehead atoms. The zero-order valence-electron chi connectivity index (χ0n) is 10.3. The summed E-state index contributed by atoms with van der Waals surface area (Å²) in [6.45, 7) is 2.88. The molecule has 1 aliphatic rings. The summed E-state index contributed by atoms with van der Waals surface area (Å²) in [5.74, 6) is 1.41. The number of hydrogen-bond acceptors (Lipinski definition) is 4. The minimum atomic E-state index is -0.0891. The molecule has 1 aromatic heterocycles. The summed E-state index contributed by atoms with van der Waals surface area (Å²) in [4.78, 5) is 4.29. The number of nitrogens with one attached hydrogen (secondary N) is 1. The summed E-state index contributed by atoms with van der Waals surface area (Å²) in [5.41, 5.74) is 7.68. The van der Waals surface area contributed by atoms with Crippen LogP contribution < -0.4 is 11.1 Å². The van der Waals surface area contributed by atoms with Gasteiger partial charge in [-0.3, -0.25) is 0 Å². The summed E-state index contributed by atoms with van der Waals surface area (Å²) < 4.78 is 0. The molecule has 2 rings (SSSR count). The number of aryl methyl sites for hydroxylation is 1. The standard InChI is InChI=1S/C13H21N3O/c1-9-6-12(14)13(15-7-9)16-8-10-2-4-11(17)5-3-10/h6-7,10-11,17H,2-5,8,14H2,1H3,(H,15,16). The number of nitrogen functional groups attached to an aromatic ring is 1. The van der Waals surface area contributed by atoms with Crippen molar-refractivity contribution in [3.05, 3.63) is 17.8 Å². The van der Waals surface area contributed by atoms with E-state index in [1.165, 1.54) is 0 Å². The largest absolute Gasteiger partial charge is 0.396 e. The highest BCUT2D eigenvalue weighted by Gasteiger charge is 2.19. The van der Waals surface area contributed by atoms with E-state index in [4.69, 9.17) is 5.73 Å². The van der Waals surface area contributed by atoms with Gasteiger partial charge < -0.3 is 16.2 Å². The van der Waals surface area contributed by atoms with Gasteiger partial charge in [0.05, 0.1) is 11.8 Å². The molecule has 1 aliphatic carbocycles. The van der Waals surface area contributed by atoms with Gasteiger partial charge in [0.15, 0.2) is 0 Å². The van der Waals surface area contributed by atoms with Crippen molar-refractivity contribution in [1.82, 2.24) is 4.98 Å². The number of anilines is 2. The van der Waals surface area contributed by atoms with Crippen molar-refractivity contribution in [2.24, 2.45) is 5.92 Å². The maximum atomic E-state index is 9.43. The quantitative estimate of drug-likeness (QED) is 0.748. The Bertz CT molecular complexity index is 373. The predicted octanol–water partition coefficient (Wildman–Crippen LogP) is 1.94. The third-order valence-corrected chi connectivity index (χ3v) is 3.43. The van der Waals surface area contributed by atoms with Crippen LogP contribution in [0.2, 0.25) is 0 Å². The Balaban J connectivity index is 1.85. The summed E-state index contributed by atoms with van der Waals surface area (Å²) >= 11 is 0. The Labute approximate surface area is 102 Å². The second kappa shape index (κ2) is 5.36. The molecule has 0 saturated heterocycles. The topological polar surface area (TPSA) is 71.2 Å². The maximum Gasteiger partial charge on any atom is 0.149 e. The first-order valence-corrected chi connectivity index (χ1v) is 6.29. The number of pyridine rings is 1. The fraction of sp³-hybridized carbons (Fsp3) is 0.615. The van der Waals surface area contributed by atoms with Crippen molar-refractivity contribution in [3.63, 3.8) is 0 Å². The molecular formula is C13H21N3O. The van der Waals surface area contributed by atoms with Crippen molar-refractivity contribution in [2.75, 3.05) is 17.6 Å². The Morgan fingerprint density at radius 1 is 1.41 bits per heavy atom. The van der Waals surface area contributed by atoms with E-state index in [9.17, 15) is 5.11 Å². The average molecular weight is 235 g/mol. The van der Waals surface area contributed by atoms with E-state index in [-0.39, 0.29) is 6.10 Å². The molecule has 0 aromatic carbocycles. The van der Waals surface area contributed by atoms with Gasteiger partial charge in [-0.05, 0) is 50.2 Å².